The van der Waals surface area contributed by atoms with Gasteiger partial charge in [-0.2, -0.15) is 0 Å². The number of benzene rings is 1. The summed E-state index contributed by atoms with van der Waals surface area (Å²) in [5.41, 5.74) is 1.10. The molecule has 1 aromatic carbocycles. The second-order valence-corrected chi connectivity index (χ2v) is 6.19. The molecule has 1 saturated heterocycles. The van der Waals surface area contributed by atoms with Crippen LogP contribution in [0.4, 0.5) is 5.69 Å². The summed E-state index contributed by atoms with van der Waals surface area (Å²) in [6.07, 6.45) is 1.15. The first kappa shape index (κ1) is 15.0. The van der Waals surface area contributed by atoms with Crippen LogP contribution in [0.3, 0.4) is 0 Å². The molecule has 1 heterocycles. The van der Waals surface area contributed by atoms with Gasteiger partial charge in [0.15, 0.2) is 0 Å². The van der Waals surface area contributed by atoms with Gasteiger partial charge in [-0.25, -0.2) is 0 Å². The predicted molar refractivity (Wildman–Crippen MR) is 84.5 cm³/mol. The maximum absolute atomic E-state index is 6.33. The number of nitrogens with zero attached hydrogens (tertiary/aromatic N) is 1. The van der Waals surface area contributed by atoms with Gasteiger partial charge in [-0.3, -0.25) is 0 Å². The van der Waals surface area contributed by atoms with Crippen LogP contribution in [0.15, 0.2) is 18.2 Å². The molecule has 2 nitrogen and oxygen atoms in total. The van der Waals surface area contributed by atoms with E-state index in [1.807, 2.05) is 18.2 Å². The molecular formula is C15H22Cl2N2. The first-order valence-corrected chi connectivity index (χ1v) is 7.75. The van der Waals surface area contributed by atoms with Gasteiger partial charge in [0.05, 0.1) is 10.7 Å². The van der Waals surface area contributed by atoms with Crippen molar-refractivity contribution in [1.29, 1.82) is 0 Å². The van der Waals surface area contributed by atoms with Crippen LogP contribution in [0.25, 0.3) is 0 Å². The largest absolute Gasteiger partial charge is 0.367 e. The number of anilines is 1. The lowest BCUT2D eigenvalue weighted by atomic mass is 9.86. The van der Waals surface area contributed by atoms with E-state index in [-0.39, 0.29) is 0 Å². The Bertz CT molecular complexity index is 436. The molecule has 0 radical (unpaired) electrons. The molecule has 0 saturated carbocycles. The Kier molecular flexibility index (Phi) is 4.99. The maximum Gasteiger partial charge on any atom is 0.0654 e. The van der Waals surface area contributed by atoms with E-state index in [2.05, 4.69) is 31.0 Å². The first-order chi connectivity index (χ1) is 9.04. The topological polar surface area (TPSA) is 15.3 Å². The van der Waals surface area contributed by atoms with Crippen molar-refractivity contribution in [2.45, 2.75) is 39.3 Å². The van der Waals surface area contributed by atoms with Crippen LogP contribution in [0.1, 0.15) is 27.2 Å². The van der Waals surface area contributed by atoms with Gasteiger partial charge in [-0.15, -0.1) is 0 Å². The normalized spacial score (nSPS) is 27.6. The van der Waals surface area contributed by atoms with Gasteiger partial charge < -0.3 is 10.2 Å². The molecule has 0 aliphatic carbocycles. The van der Waals surface area contributed by atoms with Crippen LogP contribution < -0.4 is 10.2 Å². The molecule has 106 valence electrons. The van der Waals surface area contributed by atoms with E-state index >= 15 is 0 Å². The second-order valence-electron chi connectivity index (χ2n) is 5.34. The van der Waals surface area contributed by atoms with Gasteiger partial charge in [0.25, 0.3) is 0 Å². The van der Waals surface area contributed by atoms with Crippen molar-refractivity contribution in [3.63, 3.8) is 0 Å². The van der Waals surface area contributed by atoms with Gasteiger partial charge in [0, 0.05) is 23.7 Å². The number of hydrogen-bond acceptors (Lipinski definition) is 2. The average Bonchev–Trinajstić information content (AvgIpc) is 2.37. The Hall–Kier alpha value is -0.440. The number of hydrogen-bond donors (Lipinski definition) is 1. The summed E-state index contributed by atoms with van der Waals surface area (Å²) in [5.74, 6) is 0.598. The third-order valence-corrected chi connectivity index (χ3v) is 4.79. The molecule has 1 aromatic rings. The van der Waals surface area contributed by atoms with E-state index in [0.717, 1.165) is 30.2 Å². The van der Waals surface area contributed by atoms with Crippen molar-refractivity contribution in [1.82, 2.24) is 5.32 Å². The molecule has 1 aliphatic heterocycles. The number of rotatable bonds is 3. The van der Waals surface area contributed by atoms with Crippen LogP contribution in [0, 0.1) is 5.92 Å². The third kappa shape index (κ3) is 3.18. The summed E-state index contributed by atoms with van der Waals surface area (Å²) in [5, 5.41) is 5.02. The van der Waals surface area contributed by atoms with Gasteiger partial charge in [-0.1, -0.05) is 37.0 Å². The van der Waals surface area contributed by atoms with Crippen molar-refractivity contribution in [2.24, 2.45) is 5.92 Å². The lowest BCUT2D eigenvalue weighted by Gasteiger charge is -2.44. The zero-order valence-electron chi connectivity index (χ0n) is 11.8. The van der Waals surface area contributed by atoms with Crippen LogP contribution in [-0.4, -0.2) is 25.2 Å². The molecule has 3 atom stereocenters. The molecule has 0 spiro atoms. The second kappa shape index (κ2) is 6.34. The quantitative estimate of drug-likeness (QED) is 0.900. The monoisotopic (exact) mass is 300 g/mol. The van der Waals surface area contributed by atoms with E-state index in [1.165, 1.54) is 0 Å². The predicted octanol–water partition coefficient (Wildman–Crippen LogP) is 4.21. The first-order valence-electron chi connectivity index (χ1n) is 6.99. The van der Waals surface area contributed by atoms with Gasteiger partial charge >= 0.3 is 0 Å². The molecule has 0 bridgehead atoms. The zero-order chi connectivity index (χ0) is 14.0. The molecule has 19 heavy (non-hydrogen) atoms. The molecule has 4 heteroatoms. The van der Waals surface area contributed by atoms with Crippen molar-refractivity contribution in [3.8, 4) is 0 Å². The minimum Gasteiger partial charge on any atom is -0.367 e. The Labute approximate surface area is 126 Å². The van der Waals surface area contributed by atoms with Crippen molar-refractivity contribution >= 4 is 28.9 Å². The maximum atomic E-state index is 6.33. The molecule has 2 rings (SSSR count). The van der Waals surface area contributed by atoms with Crippen molar-refractivity contribution in [2.75, 3.05) is 18.0 Å². The molecule has 0 aromatic heterocycles. The van der Waals surface area contributed by atoms with Crippen LogP contribution in [-0.2, 0) is 0 Å². The van der Waals surface area contributed by atoms with Crippen molar-refractivity contribution in [3.05, 3.63) is 28.2 Å². The van der Waals surface area contributed by atoms with Gasteiger partial charge in [-0.05, 0) is 44.0 Å². The highest BCUT2D eigenvalue weighted by Crippen LogP contribution is 2.34. The standard InChI is InChI=1S/C15H22Cl2N2/c1-4-18-14-7-8-19(11(3)10(14)2)15-6-5-12(16)9-13(15)17/h5-6,9-11,14,18H,4,7-8H2,1-3H3. The van der Waals surface area contributed by atoms with E-state index < -0.39 is 0 Å². The van der Waals surface area contributed by atoms with Crippen LogP contribution in [0.5, 0.6) is 0 Å². The Balaban J connectivity index is 2.18. The minimum absolute atomic E-state index is 0.469. The number of halogens is 2. The summed E-state index contributed by atoms with van der Waals surface area (Å²) >= 11 is 12.3. The fourth-order valence-corrected chi connectivity index (χ4v) is 3.49. The molecule has 0 amide bonds. The smallest absolute Gasteiger partial charge is 0.0654 e. The van der Waals surface area contributed by atoms with Gasteiger partial charge in [0.1, 0.15) is 0 Å². The highest BCUT2D eigenvalue weighted by molar-refractivity contribution is 6.36. The van der Waals surface area contributed by atoms with Crippen molar-refractivity contribution < 1.29 is 0 Å². The molecule has 1 aliphatic rings. The average molecular weight is 301 g/mol. The van der Waals surface area contributed by atoms with Crippen LogP contribution >= 0.6 is 23.2 Å². The Morgan fingerprint density at radius 3 is 2.68 bits per heavy atom. The fraction of sp³-hybridized carbons (Fsp3) is 0.600. The molecule has 3 unspecified atom stereocenters. The van der Waals surface area contributed by atoms with E-state index in [9.17, 15) is 0 Å². The molecule has 1 fully saturated rings. The minimum atomic E-state index is 0.469. The molecular weight excluding hydrogens is 279 g/mol. The number of piperidine rings is 1. The SMILES string of the molecule is CCNC1CCN(c2ccc(Cl)cc2Cl)C(C)C1C. The molecule has 1 N–H and O–H groups in total. The summed E-state index contributed by atoms with van der Waals surface area (Å²) in [6.45, 7) is 8.82. The van der Waals surface area contributed by atoms with E-state index in [1.54, 1.807) is 0 Å². The third-order valence-electron chi connectivity index (χ3n) is 4.25. The van der Waals surface area contributed by atoms with Crippen LogP contribution in [0.2, 0.25) is 10.0 Å². The Morgan fingerprint density at radius 2 is 2.05 bits per heavy atom. The number of nitrogens with one attached hydrogen (secondary N) is 1. The summed E-state index contributed by atoms with van der Waals surface area (Å²) < 4.78 is 0. The highest BCUT2D eigenvalue weighted by Gasteiger charge is 2.32. The lowest BCUT2D eigenvalue weighted by Crippen LogP contribution is -2.53. The summed E-state index contributed by atoms with van der Waals surface area (Å²) in [6, 6.07) is 6.84. The Morgan fingerprint density at radius 1 is 1.32 bits per heavy atom. The lowest BCUT2D eigenvalue weighted by molar-refractivity contribution is 0.274. The van der Waals surface area contributed by atoms with E-state index in [4.69, 9.17) is 23.2 Å². The van der Waals surface area contributed by atoms with Gasteiger partial charge in [0.2, 0.25) is 0 Å². The zero-order valence-corrected chi connectivity index (χ0v) is 13.3. The fourth-order valence-electron chi connectivity index (χ4n) is 2.97. The highest BCUT2D eigenvalue weighted by atomic mass is 35.5. The van der Waals surface area contributed by atoms with E-state index in [0.29, 0.717) is 23.0 Å². The summed E-state index contributed by atoms with van der Waals surface area (Å²) in [7, 11) is 0. The summed E-state index contributed by atoms with van der Waals surface area (Å²) in [4.78, 5) is 2.40.